The van der Waals surface area contributed by atoms with Crippen molar-refractivity contribution >= 4 is 5.91 Å². The average molecular weight is 381 g/mol. The Morgan fingerprint density at radius 3 is 2.71 bits per heavy atom. The lowest BCUT2D eigenvalue weighted by atomic mass is 10.1. The number of aryl methyl sites for hydroxylation is 2. The number of para-hydroxylation sites is 1. The molecule has 2 aromatic carbocycles. The first kappa shape index (κ1) is 19.4. The summed E-state index contributed by atoms with van der Waals surface area (Å²) in [5, 5.41) is 6.52. The fraction of sp³-hybridized carbons (Fsp3) is 0.286. The van der Waals surface area contributed by atoms with E-state index in [-0.39, 0.29) is 5.91 Å². The van der Waals surface area contributed by atoms with Crippen molar-refractivity contribution in [3.05, 3.63) is 81.6 Å². The SMILES string of the molecule is Cc1ccccc1COc1ccccc1C(=O)NCCCCc1noc(=O)[nH]1. The summed E-state index contributed by atoms with van der Waals surface area (Å²) in [6.07, 6.45) is 2.12. The lowest BCUT2D eigenvalue weighted by Gasteiger charge is -2.13. The lowest BCUT2D eigenvalue weighted by Crippen LogP contribution is -2.25. The quantitative estimate of drug-likeness (QED) is 0.555. The molecule has 0 saturated heterocycles. The number of nitrogens with one attached hydrogen (secondary N) is 2. The van der Waals surface area contributed by atoms with E-state index in [0.29, 0.717) is 36.7 Å². The smallest absolute Gasteiger partial charge is 0.438 e. The number of benzene rings is 2. The summed E-state index contributed by atoms with van der Waals surface area (Å²) in [5.41, 5.74) is 2.75. The number of rotatable bonds is 9. The van der Waals surface area contributed by atoms with Crippen LogP contribution in [-0.4, -0.2) is 22.6 Å². The zero-order valence-corrected chi connectivity index (χ0v) is 15.7. The molecule has 0 saturated carbocycles. The Hall–Kier alpha value is -3.35. The summed E-state index contributed by atoms with van der Waals surface area (Å²) in [6, 6.07) is 15.2. The molecule has 0 aliphatic rings. The lowest BCUT2D eigenvalue weighted by molar-refractivity contribution is 0.0948. The Bertz CT molecular complexity index is 977. The maximum absolute atomic E-state index is 12.5. The molecule has 0 spiro atoms. The third kappa shape index (κ3) is 5.33. The third-order valence-corrected chi connectivity index (χ3v) is 4.39. The molecular formula is C21H23N3O4. The van der Waals surface area contributed by atoms with Crippen LogP contribution in [0.5, 0.6) is 5.75 Å². The van der Waals surface area contributed by atoms with Crippen LogP contribution in [0.15, 0.2) is 57.8 Å². The van der Waals surface area contributed by atoms with Crippen LogP contribution < -0.4 is 15.8 Å². The van der Waals surface area contributed by atoms with E-state index >= 15 is 0 Å². The largest absolute Gasteiger partial charge is 0.488 e. The molecule has 3 aromatic rings. The van der Waals surface area contributed by atoms with Gasteiger partial charge in [0.05, 0.1) is 5.56 Å². The first-order valence-electron chi connectivity index (χ1n) is 9.23. The van der Waals surface area contributed by atoms with Crippen LogP contribution in [0.25, 0.3) is 0 Å². The van der Waals surface area contributed by atoms with Gasteiger partial charge in [0.15, 0.2) is 5.82 Å². The van der Waals surface area contributed by atoms with Crippen molar-refractivity contribution in [1.29, 1.82) is 0 Å². The molecule has 2 N–H and O–H groups in total. The van der Waals surface area contributed by atoms with Crippen molar-refractivity contribution in [3.63, 3.8) is 0 Å². The second kappa shape index (κ2) is 9.55. The number of amides is 1. The predicted octanol–water partition coefficient (Wildman–Crippen LogP) is 3.00. The van der Waals surface area contributed by atoms with Gasteiger partial charge in [-0.05, 0) is 43.0 Å². The molecule has 7 nitrogen and oxygen atoms in total. The molecule has 146 valence electrons. The van der Waals surface area contributed by atoms with Crippen LogP contribution >= 0.6 is 0 Å². The summed E-state index contributed by atoms with van der Waals surface area (Å²) in [4.78, 5) is 25.9. The van der Waals surface area contributed by atoms with Gasteiger partial charge in [-0.2, -0.15) is 0 Å². The van der Waals surface area contributed by atoms with Crippen LogP contribution in [0.1, 0.15) is 40.2 Å². The Morgan fingerprint density at radius 1 is 1.14 bits per heavy atom. The Kier molecular flexibility index (Phi) is 6.62. The van der Waals surface area contributed by atoms with Crippen LogP contribution in [0.4, 0.5) is 0 Å². The topological polar surface area (TPSA) is 97.2 Å². The molecule has 0 atom stereocenters. The third-order valence-electron chi connectivity index (χ3n) is 4.39. The van der Waals surface area contributed by atoms with E-state index in [1.165, 1.54) is 0 Å². The number of H-pyrrole nitrogens is 1. The van der Waals surface area contributed by atoms with Crippen molar-refractivity contribution in [2.75, 3.05) is 6.54 Å². The van der Waals surface area contributed by atoms with Crippen molar-refractivity contribution < 1.29 is 14.1 Å². The molecular weight excluding hydrogens is 358 g/mol. The summed E-state index contributed by atoms with van der Waals surface area (Å²) >= 11 is 0. The van der Waals surface area contributed by atoms with Gasteiger partial charge in [-0.25, -0.2) is 4.79 Å². The highest BCUT2D eigenvalue weighted by Crippen LogP contribution is 2.20. The highest BCUT2D eigenvalue weighted by atomic mass is 16.5. The molecule has 0 radical (unpaired) electrons. The summed E-state index contributed by atoms with van der Waals surface area (Å²) in [6.45, 7) is 2.96. The van der Waals surface area contributed by atoms with Gasteiger partial charge in [0.25, 0.3) is 5.91 Å². The maximum Gasteiger partial charge on any atom is 0.438 e. The second-order valence-electron chi connectivity index (χ2n) is 6.47. The van der Waals surface area contributed by atoms with Gasteiger partial charge in [-0.15, -0.1) is 0 Å². The minimum atomic E-state index is -0.550. The zero-order valence-electron chi connectivity index (χ0n) is 15.7. The fourth-order valence-corrected chi connectivity index (χ4v) is 2.79. The Labute approximate surface area is 162 Å². The van der Waals surface area contributed by atoms with Gasteiger partial charge in [0.1, 0.15) is 12.4 Å². The number of unbranched alkanes of at least 4 members (excludes halogenated alkanes) is 1. The van der Waals surface area contributed by atoms with E-state index in [9.17, 15) is 9.59 Å². The maximum atomic E-state index is 12.5. The van der Waals surface area contributed by atoms with E-state index in [1.54, 1.807) is 12.1 Å². The van der Waals surface area contributed by atoms with E-state index < -0.39 is 5.76 Å². The summed E-state index contributed by atoms with van der Waals surface area (Å²) in [7, 11) is 0. The number of aromatic nitrogens is 2. The van der Waals surface area contributed by atoms with Crippen LogP contribution in [0.3, 0.4) is 0 Å². The normalized spacial score (nSPS) is 10.6. The Morgan fingerprint density at radius 2 is 1.93 bits per heavy atom. The molecule has 1 amide bonds. The number of hydrogen-bond donors (Lipinski definition) is 2. The van der Waals surface area contributed by atoms with Gasteiger partial charge in [0, 0.05) is 13.0 Å². The van der Waals surface area contributed by atoms with E-state index in [1.807, 2.05) is 43.3 Å². The van der Waals surface area contributed by atoms with Crippen LogP contribution in [0.2, 0.25) is 0 Å². The molecule has 0 unspecified atom stereocenters. The molecule has 28 heavy (non-hydrogen) atoms. The number of aromatic amines is 1. The highest BCUT2D eigenvalue weighted by Gasteiger charge is 2.12. The number of carbonyl (C=O) groups is 1. The number of hydrogen-bond acceptors (Lipinski definition) is 5. The molecule has 1 aromatic heterocycles. The minimum Gasteiger partial charge on any atom is -0.488 e. The predicted molar refractivity (Wildman–Crippen MR) is 104 cm³/mol. The summed E-state index contributed by atoms with van der Waals surface area (Å²) in [5.74, 6) is 0.357. The molecule has 7 heteroatoms. The minimum absolute atomic E-state index is 0.171. The van der Waals surface area contributed by atoms with Crippen molar-refractivity contribution in [2.24, 2.45) is 0 Å². The van der Waals surface area contributed by atoms with E-state index in [4.69, 9.17) is 4.74 Å². The first-order chi connectivity index (χ1) is 13.6. The van der Waals surface area contributed by atoms with E-state index in [0.717, 1.165) is 24.0 Å². The molecule has 0 aliphatic carbocycles. The monoisotopic (exact) mass is 381 g/mol. The fourth-order valence-electron chi connectivity index (χ4n) is 2.79. The molecule has 3 rings (SSSR count). The molecule has 0 fully saturated rings. The molecule has 0 bridgehead atoms. The first-order valence-corrected chi connectivity index (χ1v) is 9.23. The van der Waals surface area contributed by atoms with E-state index in [2.05, 4.69) is 20.0 Å². The summed E-state index contributed by atoms with van der Waals surface area (Å²) < 4.78 is 10.3. The van der Waals surface area contributed by atoms with Gasteiger partial charge in [-0.1, -0.05) is 41.6 Å². The highest BCUT2D eigenvalue weighted by molar-refractivity contribution is 5.96. The van der Waals surface area contributed by atoms with Gasteiger partial charge >= 0.3 is 5.76 Å². The van der Waals surface area contributed by atoms with Crippen molar-refractivity contribution in [2.45, 2.75) is 32.8 Å². The standard InChI is InChI=1S/C21H23N3O4/c1-15-8-2-3-9-16(15)14-27-18-11-5-4-10-17(18)20(25)22-13-7-6-12-19-23-21(26)28-24-19/h2-5,8-11H,6-7,12-14H2,1H3,(H,22,25)(H,23,24,26). The average Bonchev–Trinajstić information content (AvgIpc) is 3.12. The number of nitrogens with zero attached hydrogens (tertiary/aromatic N) is 1. The Balaban J connectivity index is 1.49. The van der Waals surface area contributed by atoms with Crippen LogP contribution in [-0.2, 0) is 13.0 Å². The second-order valence-corrected chi connectivity index (χ2v) is 6.47. The number of carbonyl (C=O) groups excluding carboxylic acids is 1. The van der Waals surface area contributed by atoms with Gasteiger partial charge in [-0.3, -0.25) is 14.3 Å². The number of ether oxygens (including phenoxy) is 1. The van der Waals surface area contributed by atoms with Crippen molar-refractivity contribution in [3.8, 4) is 5.75 Å². The van der Waals surface area contributed by atoms with Gasteiger partial charge in [0.2, 0.25) is 0 Å². The van der Waals surface area contributed by atoms with Crippen molar-refractivity contribution in [1.82, 2.24) is 15.5 Å². The molecule has 1 heterocycles. The zero-order chi connectivity index (χ0) is 19.8. The van der Waals surface area contributed by atoms with Crippen LogP contribution in [0, 0.1) is 6.92 Å². The van der Waals surface area contributed by atoms with Gasteiger partial charge < -0.3 is 10.1 Å². The molecule has 0 aliphatic heterocycles.